The van der Waals surface area contributed by atoms with Crippen molar-refractivity contribution in [2.75, 3.05) is 20.3 Å². The molecule has 1 aliphatic rings. The molecular formula is C32H27Cl2N3O8S. The number of rotatable bonds is 11. The van der Waals surface area contributed by atoms with Crippen molar-refractivity contribution < 1.29 is 28.7 Å². The van der Waals surface area contributed by atoms with Gasteiger partial charge in [-0.1, -0.05) is 40.6 Å². The molecule has 238 valence electrons. The number of nitrogens with zero attached hydrogens (tertiary/aromatic N) is 3. The lowest BCUT2D eigenvalue weighted by molar-refractivity contribution is -0.384. The molecule has 46 heavy (non-hydrogen) atoms. The van der Waals surface area contributed by atoms with Crippen LogP contribution in [0.4, 0.5) is 5.69 Å². The molecule has 5 rings (SSSR count). The number of nitro groups is 1. The molecular weight excluding hydrogens is 657 g/mol. The highest BCUT2D eigenvalue weighted by molar-refractivity contribution is 7.07. The summed E-state index contributed by atoms with van der Waals surface area (Å²) >= 11 is 14.2. The van der Waals surface area contributed by atoms with Crippen LogP contribution in [0, 0.1) is 10.1 Å². The number of thiazole rings is 1. The van der Waals surface area contributed by atoms with Crippen molar-refractivity contribution in [2.45, 2.75) is 26.5 Å². The molecule has 11 nitrogen and oxygen atoms in total. The van der Waals surface area contributed by atoms with Crippen molar-refractivity contribution >= 4 is 52.3 Å². The number of hydrogen-bond acceptors (Lipinski definition) is 10. The van der Waals surface area contributed by atoms with Crippen LogP contribution in [0.1, 0.15) is 36.6 Å². The number of aromatic nitrogens is 1. The van der Waals surface area contributed by atoms with E-state index in [9.17, 15) is 19.7 Å². The van der Waals surface area contributed by atoms with Gasteiger partial charge >= 0.3 is 5.97 Å². The van der Waals surface area contributed by atoms with E-state index in [1.807, 2.05) is 13.8 Å². The highest BCUT2D eigenvalue weighted by Gasteiger charge is 2.31. The first kappa shape index (κ1) is 32.7. The maximum Gasteiger partial charge on any atom is 0.337 e. The van der Waals surface area contributed by atoms with E-state index in [-0.39, 0.29) is 39.2 Å². The lowest BCUT2D eigenvalue weighted by Gasteiger charge is -2.23. The van der Waals surface area contributed by atoms with E-state index in [1.54, 1.807) is 48.5 Å². The summed E-state index contributed by atoms with van der Waals surface area (Å²) in [4.78, 5) is 42.0. The van der Waals surface area contributed by atoms with Gasteiger partial charge in [-0.2, -0.15) is 0 Å². The van der Waals surface area contributed by atoms with E-state index < -0.39 is 16.9 Å². The Bertz CT molecular complexity index is 2000. The molecule has 0 radical (unpaired) electrons. The topological polar surface area (TPSA) is 131 Å². The van der Waals surface area contributed by atoms with Gasteiger partial charge in [-0.3, -0.25) is 19.5 Å². The van der Waals surface area contributed by atoms with Gasteiger partial charge in [0.05, 0.1) is 51.4 Å². The third-order valence-electron chi connectivity index (χ3n) is 6.86. The van der Waals surface area contributed by atoms with Crippen LogP contribution < -0.4 is 29.1 Å². The highest BCUT2D eigenvalue weighted by Crippen LogP contribution is 2.36. The maximum absolute atomic E-state index is 13.9. The zero-order chi connectivity index (χ0) is 33.0. The molecule has 0 bridgehead atoms. The van der Waals surface area contributed by atoms with Crippen LogP contribution in [0.2, 0.25) is 10.0 Å². The van der Waals surface area contributed by atoms with E-state index in [4.69, 9.17) is 42.1 Å². The van der Waals surface area contributed by atoms with Crippen LogP contribution in [0.3, 0.4) is 0 Å². The number of carbonyl (C=O) groups excluding carboxylic acids is 1. The Hall–Kier alpha value is -4.65. The minimum atomic E-state index is -0.844. The minimum absolute atomic E-state index is 0.0305. The Balaban J connectivity index is 1.51. The van der Waals surface area contributed by atoms with Crippen LogP contribution in [0.25, 0.3) is 6.08 Å². The average molecular weight is 685 g/mol. The number of hydrogen-bond donors (Lipinski definition) is 0. The Morgan fingerprint density at radius 3 is 2.33 bits per heavy atom. The van der Waals surface area contributed by atoms with Gasteiger partial charge in [-0.05, 0) is 73.0 Å². The lowest BCUT2D eigenvalue weighted by Crippen LogP contribution is -2.39. The minimum Gasteiger partial charge on any atom is -0.490 e. The molecule has 0 amide bonds. The number of nitro benzene ring substituents is 1. The van der Waals surface area contributed by atoms with Crippen LogP contribution in [0.5, 0.6) is 17.2 Å². The van der Waals surface area contributed by atoms with E-state index >= 15 is 0 Å². The van der Waals surface area contributed by atoms with Crippen molar-refractivity contribution in [1.82, 2.24) is 4.57 Å². The summed E-state index contributed by atoms with van der Waals surface area (Å²) in [6.07, 6.45) is 3.04. The molecule has 2 heterocycles. The first-order chi connectivity index (χ1) is 22.1. The van der Waals surface area contributed by atoms with Crippen LogP contribution in [-0.2, 0) is 16.1 Å². The van der Waals surface area contributed by atoms with E-state index in [0.717, 1.165) is 11.3 Å². The third kappa shape index (κ3) is 6.79. The van der Waals surface area contributed by atoms with Crippen molar-refractivity contribution in [3.63, 3.8) is 0 Å². The molecule has 0 fully saturated rings. The highest BCUT2D eigenvalue weighted by atomic mass is 35.5. The molecule has 0 saturated carbocycles. The summed E-state index contributed by atoms with van der Waals surface area (Å²) in [5.74, 6) is 0.616. The van der Waals surface area contributed by atoms with Crippen molar-refractivity contribution in [3.05, 3.63) is 123 Å². The molecule has 1 aliphatic heterocycles. The zero-order valence-electron chi connectivity index (χ0n) is 24.8. The van der Waals surface area contributed by atoms with Crippen molar-refractivity contribution in [2.24, 2.45) is 4.99 Å². The van der Waals surface area contributed by atoms with E-state index in [0.29, 0.717) is 50.7 Å². The predicted octanol–water partition coefficient (Wildman–Crippen LogP) is 5.61. The summed E-state index contributed by atoms with van der Waals surface area (Å²) in [7, 11) is 1.27. The van der Waals surface area contributed by atoms with Gasteiger partial charge in [0.2, 0.25) is 0 Å². The first-order valence-corrected chi connectivity index (χ1v) is 15.6. The molecule has 0 saturated heterocycles. The van der Waals surface area contributed by atoms with Gasteiger partial charge in [0, 0.05) is 18.3 Å². The predicted molar refractivity (Wildman–Crippen MR) is 174 cm³/mol. The average Bonchev–Trinajstić information content (AvgIpc) is 3.35. The summed E-state index contributed by atoms with van der Waals surface area (Å²) < 4.78 is 24.1. The standard InChI is InChI=1S/C32H27Cl2N3O8S/c1-4-43-25-11-8-20(15-26(25)44-5-2)28-22(31(39)42-3)16-35-32-36(28)30(38)27(46-32)14-19-12-23(33)29(24(34)13-19)45-17-18-6-9-21(10-7-18)37(40)41/h6-16,28H,4-5,17H2,1-3H3/b27-14-/t28-/m1/s1. The number of fused-ring (bicyclic) bond motifs is 1. The van der Waals surface area contributed by atoms with Gasteiger partial charge in [0.25, 0.3) is 11.2 Å². The number of halogens is 2. The number of carbonyl (C=O) groups is 1. The SMILES string of the molecule is CCOc1ccc([C@@H]2C(C(=O)OC)=CN=c3s/c(=C\c4cc(Cl)c(OCc5ccc([N+](=O)[O-])cc5)c(Cl)c4)c(=O)n32)cc1OCC. The molecule has 0 N–H and O–H groups in total. The van der Waals surface area contributed by atoms with Gasteiger partial charge in [0.1, 0.15) is 6.61 Å². The van der Waals surface area contributed by atoms with Crippen LogP contribution in [0.15, 0.2) is 76.2 Å². The number of esters is 1. The number of ether oxygens (including phenoxy) is 4. The van der Waals surface area contributed by atoms with Gasteiger partial charge in [-0.15, -0.1) is 0 Å². The second kappa shape index (κ2) is 14.2. The Kier molecular flexibility index (Phi) is 10.1. The smallest absolute Gasteiger partial charge is 0.337 e. The van der Waals surface area contributed by atoms with Crippen molar-refractivity contribution in [1.29, 1.82) is 0 Å². The molecule has 14 heteroatoms. The van der Waals surface area contributed by atoms with Gasteiger partial charge in [-0.25, -0.2) is 9.79 Å². The number of methoxy groups -OCH3 is 1. The van der Waals surface area contributed by atoms with Gasteiger partial charge < -0.3 is 18.9 Å². The second-order valence-corrected chi connectivity index (χ2v) is 11.6. The normalized spacial score (nSPS) is 14.2. The largest absolute Gasteiger partial charge is 0.490 e. The zero-order valence-corrected chi connectivity index (χ0v) is 27.1. The van der Waals surface area contributed by atoms with Gasteiger partial charge in [0.15, 0.2) is 22.0 Å². The number of benzene rings is 3. The molecule has 0 unspecified atom stereocenters. The fourth-order valence-corrected chi connectivity index (χ4v) is 6.39. The monoisotopic (exact) mass is 683 g/mol. The second-order valence-electron chi connectivity index (χ2n) is 9.77. The lowest BCUT2D eigenvalue weighted by atomic mass is 9.97. The summed E-state index contributed by atoms with van der Waals surface area (Å²) in [6.45, 7) is 4.61. The first-order valence-electron chi connectivity index (χ1n) is 14.0. The van der Waals surface area contributed by atoms with E-state index in [1.165, 1.54) is 30.0 Å². The molecule has 4 aromatic rings. The molecule has 1 aromatic heterocycles. The number of non-ortho nitro benzene ring substituents is 1. The fourth-order valence-electron chi connectivity index (χ4n) is 4.81. The maximum atomic E-state index is 13.9. The summed E-state index contributed by atoms with van der Waals surface area (Å²) in [5.41, 5.74) is 1.58. The summed E-state index contributed by atoms with van der Waals surface area (Å²) in [5, 5.41) is 11.3. The van der Waals surface area contributed by atoms with Crippen LogP contribution >= 0.6 is 34.5 Å². The molecule has 1 atom stereocenters. The summed E-state index contributed by atoms with van der Waals surface area (Å²) in [6, 6.07) is 13.5. The molecule has 3 aromatic carbocycles. The Morgan fingerprint density at radius 2 is 1.70 bits per heavy atom. The molecule has 0 aliphatic carbocycles. The van der Waals surface area contributed by atoms with Crippen LogP contribution in [-0.4, -0.2) is 35.8 Å². The van der Waals surface area contributed by atoms with E-state index in [2.05, 4.69) is 4.99 Å². The third-order valence-corrected chi connectivity index (χ3v) is 8.42. The van der Waals surface area contributed by atoms with Crippen molar-refractivity contribution in [3.8, 4) is 17.2 Å². The Labute approximate surface area is 276 Å². The Morgan fingerprint density at radius 1 is 1.02 bits per heavy atom. The fraction of sp³-hybridized carbons (Fsp3) is 0.219. The molecule has 0 spiro atoms. The quantitative estimate of drug-likeness (QED) is 0.113.